The van der Waals surface area contributed by atoms with Crippen LogP contribution in [0.25, 0.3) is 0 Å². The van der Waals surface area contributed by atoms with E-state index in [2.05, 4.69) is 5.32 Å². The molecule has 0 heterocycles. The van der Waals surface area contributed by atoms with Crippen molar-refractivity contribution in [3.63, 3.8) is 0 Å². The lowest BCUT2D eigenvalue weighted by Crippen LogP contribution is -2.30. The Morgan fingerprint density at radius 2 is 1.68 bits per heavy atom. The predicted molar refractivity (Wildman–Crippen MR) is 89.5 cm³/mol. The summed E-state index contributed by atoms with van der Waals surface area (Å²) in [5.74, 6) is -2.33. The van der Waals surface area contributed by atoms with Gasteiger partial charge in [-0.15, -0.1) is 0 Å². The van der Waals surface area contributed by atoms with Gasteiger partial charge in [0.1, 0.15) is 5.82 Å². The van der Waals surface area contributed by atoms with Crippen molar-refractivity contribution >= 4 is 27.4 Å². The number of amides is 1. The average Bonchev–Trinajstić information content (AvgIpc) is 2.56. The first-order valence-corrected chi connectivity index (χ1v) is 9.14. The summed E-state index contributed by atoms with van der Waals surface area (Å²) >= 11 is 0. The third-order valence-corrected chi connectivity index (χ3v) is 4.45. The summed E-state index contributed by atoms with van der Waals surface area (Å²) in [6, 6.07) is 11.1. The summed E-state index contributed by atoms with van der Waals surface area (Å²) in [4.78, 5) is 24.1. The molecule has 1 atom stereocenters. The third-order valence-electron chi connectivity index (χ3n) is 3.29. The summed E-state index contributed by atoms with van der Waals surface area (Å²) in [6.07, 6.45) is -0.285. The minimum atomic E-state index is -3.64. The fourth-order valence-corrected chi connectivity index (χ4v) is 2.91. The highest BCUT2D eigenvalue weighted by Crippen LogP contribution is 2.18. The molecule has 0 aromatic heterocycles. The Morgan fingerprint density at radius 1 is 1.08 bits per heavy atom. The second kappa shape index (κ2) is 7.43. The van der Waals surface area contributed by atoms with Crippen molar-refractivity contribution in [2.75, 3.05) is 11.6 Å². The van der Waals surface area contributed by atoms with E-state index in [1.807, 2.05) is 0 Å². The van der Waals surface area contributed by atoms with Crippen LogP contribution in [-0.4, -0.2) is 32.7 Å². The van der Waals surface area contributed by atoms with Gasteiger partial charge in [-0.1, -0.05) is 24.3 Å². The quantitative estimate of drug-likeness (QED) is 0.822. The van der Waals surface area contributed by atoms with Crippen molar-refractivity contribution in [1.29, 1.82) is 0 Å². The number of carbonyl (C=O) groups is 2. The van der Waals surface area contributed by atoms with E-state index in [0.29, 0.717) is 0 Å². The molecule has 2 aromatic carbocycles. The molecule has 8 heteroatoms. The molecular formula is C17H16FNO5S. The number of rotatable bonds is 5. The number of hydrogen-bond acceptors (Lipinski definition) is 5. The normalized spacial score (nSPS) is 12.3. The molecule has 2 aromatic rings. The monoisotopic (exact) mass is 365 g/mol. The standard InChI is InChI=1S/C17H16FNO5S/c1-11(16(20)19-14-9-5-4-8-13(14)18)24-17(21)12-7-3-6-10-15(12)25(2,22)23/h3-11H,1-2H3,(H,19,20)/t11-/m1/s1. The number of benzene rings is 2. The Bertz CT molecular complexity index is 911. The van der Waals surface area contributed by atoms with Crippen LogP contribution in [0.4, 0.5) is 10.1 Å². The van der Waals surface area contributed by atoms with E-state index >= 15 is 0 Å². The molecule has 0 fully saturated rings. The van der Waals surface area contributed by atoms with Crippen molar-refractivity contribution in [3.8, 4) is 0 Å². The zero-order chi connectivity index (χ0) is 18.6. The Hall–Kier alpha value is -2.74. The molecule has 0 spiro atoms. The fourth-order valence-electron chi connectivity index (χ4n) is 2.03. The number of carbonyl (C=O) groups excluding carboxylic acids is 2. The van der Waals surface area contributed by atoms with Crippen LogP contribution in [0.5, 0.6) is 0 Å². The van der Waals surface area contributed by atoms with Crippen LogP contribution in [0.1, 0.15) is 17.3 Å². The zero-order valence-corrected chi connectivity index (χ0v) is 14.3. The molecule has 1 N–H and O–H groups in total. The van der Waals surface area contributed by atoms with Gasteiger partial charge < -0.3 is 10.1 Å². The molecule has 132 valence electrons. The van der Waals surface area contributed by atoms with Crippen LogP contribution in [0.2, 0.25) is 0 Å². The maximum Gasteiger partial charge on any atom is 0.340 e. The van der Waals surface area contributed by atoms with Gasteiger partial charge in [-0.2, -0.15) is 0 Å². The van der Waals surface area contributed by atoms with Gasteiger partial charge in [-0.3, -0.25) is 4.79 Å². The minimum absolute atomic E-state index is 0.0491. The van der Waals surface area contributed by atoms with Gasteiger partial charge in [-0.05, 0) is 31.2 Å². The number of anilines is 1. The molecule has 0 unspecified atom stereocenters. The number of sulfone groups is 1. The second-order valence-corrected chi connectivity index (χ2v) is 7.27. The van der Waals surface area contributed by atoms with Gasteiger partial charge in [-0.25, -0.2) is 17.6 Å². The van der Waals surface area contributed by atoms with E-state index in [1.54, 1.807) is 0 Å². The van der Waals surface area contributed by atoms with Gasteiger partial charge in [0.25, 0.3) is 5.91 Å². The number of nitrogens with one attached hydrogen (secondary N) is 1. The highest BCUT2D eigenvalue weighted by Gasteiger charge is 2.24. The second-order valence-electron chi connectivity index (χ2n) is 5.28. The lowest BCUT2D eigenvalue weighted by molar-refractivity contribution is -0.123. The van der Waals surface area contributed by atoms with E-state index in [9.17, 15) is 22.4 Å². The van der Waals surface area contributed by atoms with Crippen molar-refractivity contribution in [3.05, 3.63) is 59.9 Å². The average molecular weight is 365 g/mol. The summed E-state index contributed by atoms with van der Waals surface area (Å²) in [6.45, 7) is 1.30. The lowest BCUT2D eigenvalue weighted by atomic mass is 10.2. The lowest BCUT2D eigenvalue weighted by Gasteiger charge is -2.15. The van der Waals surface area contributed by atoms with E-state index in [0.717, 1.165) is 6.26 Å². The van der Waals surface area contributed by atoms with Gasteiger partial charge >= 0.3 is 5.97 Å². The Balaban J connectivity index is 2.13. The molecule has 1 amide bonds. The van der Waals surface area contributed by atoms with Crippen molar-refractivity contribution in [2.45, 2.75) is 17.9 Å². The molecule has 0 saturated heterocycles. The SMILES string of the molecule is C[C@@H](OC(=O)c1ccccc1S(C)(=O)=O)C(=O)Nc1ccccc1F. The van der Waals surface area contributed by atoms with Gasteiger partial charge in [0, 0.05) is 6.26 Å². The molecule has 0 aliphatic rings. The van der Waals surface area contributed by atoms with Crippen LogP contribution < -0.4 is 5.32 Å². The Labute approximate surface area is 144 Å². The summed E-state index contributed by atoms with van der Waals surface area (Å²) in [5, 5.41) is 2.30. The van der Waals surface area contributed by atoms with Crippen molar-refractivity contribution in [1.82, 2.24) is 0 Å². The fraction of sp³-hybridized carbons (Fsp3) is 0.176. The maximum atomic E-state index is 13.5. The first-order valence-electron chi connectivity index (χ1n) is 7.25. The molecular weight excluding hydrogens is 349 g/mol. The first kappa shape index (κ1) is 18.6. The minimum Gasteiger partial charge on any atom is -0.449 e. The zero-order valence-electron chi connectivity index (χ0n) is 13.5. The number of esters is 1. The number of hydrogen-bond donors (Lipinski definition) is 1. The van der Waals surface area contributed by atoms with Crippen LogP contribution in [0.15, 0.2) is 53.4 Å². The molecule has 6 nitrogen and oxygen atoms in total. The first-order chi connectivity index (χ1) is 11.7. The Morgan fingerprint density at radius 3 is 2.32 bits per heavy atom. The van der Waals surface area contributed by atoms with Crippen molar-refractivity contribution < 1.29 is 27.1 Å². The topological polar surface area (TPSA) is 89.5 Å². The molecule has 0 aliphatic carbocycles. The molecule has 0 saturated carbocycles. The smallest absolute Gasteiger partial charge is 0.340 e. The summed E-state index contributed by atoms with van der Waals surface area (Å²) in [7, 11) is -3.64. The van der Waals surface area contributed by atoms with Gasteiger partial charge in [0.15, 0.2) is 15.9 Å². The third kappa shape index (κ3) is 4.63. The van der Waals surface area contributed by atoms with Crippen molar-refractivity contribution in [2.24, 2.45) is 0 Å². The number of para-hydroxylation sites is 1. The predicted octanol–water partition coefficient (Wildman–Crippen LogP) is 2.41. The number of ether oxygens (including phenoxy) is 1. The van der Waals surface area contributed by atoms with Gasteiger partial charge in [0.2, 0.25) is 0 Å². The van der Waals surface area contributed by atoms with Crippen LogP contribution >= 0.6 is 0 Å². The highest BCUT2D eigenvalue weighted by atomic mass is 32.2. The van der Waals surface area contributed by atoms with E-state index < -0.39 is 33.6 Å². The van der Waals surface area contributed by atoms with E-state index in [1.165, 1.54) is 55.5 Å². The van der Waals surface area contributed by atoms with Crippen LogP contribution in [-0.2, 0) is 19.4 Å². The molecule has 0 radical (unpaired) electrons. The van der Waals surface area contributed by atoms with E-state index in [4.69, 9.17) is 4.74 Å². The molecule has 2 rings (SSSR count). The summed E-state index contributed by atoms with van der Waals surface area (Å²) in [5.41, 5.74) is -0.220. The Kier molecular flexibility index (Phi) is 5.53. The van der Waals surface area contributed by atoms with Crippen LogP contribution in [0.3, 0.4) is 0 Å². The van der Waals surface area contributed by atoms with Crippen LogP contribution in [0, 0.1) is 5.82 Å². The largest absolute Gasteiger partial charge is 0.449 e. The highest BCUT2D eigenvalue weighted by molar-refractivity contribution is 7.90. The summed E-state index contributed by atoms with van der Waals surface area (Å²) < 4.78 is 42.0. The molecule has 0 bridgehead atoms. The van der Waals surface area contributed by atoms with E-state index in [-0.39, 0.29) is 16.1 Å². The maximum absolute atomic E-state index is 13.5. The van der Waals surface area contributed by atoms with Gasteiger partial charge in [0.05, 0.1) is 16.1 Å². The number of halogens is 1. The molecule has 25 heavy (non-hydrogen) atoms. The molecule has 0 aliphatic heterocycles.